The van der Waals surface area contributed by atoms with Crippen molar-refractivity contribution >= 4 is 38.3 Å². The highest BCUT2D eigenvalue weighted by Crippen LogP contribution is 2.34. The molecule has 5 rings (SSSR count). The molecule has 0 aliphatic carbocycles. The van der Waals surface area contributed by atoms with E-state index in [1.165, 1.54) is 12.1 Å². The lowest BCUT2D eigenvalue weighted by Gasteiger charge is -2.39. The van der Waals surface area contributed by atoms with Gasteiger partial charge in [-0.3, -0.25) is 4.79 Å². The molecule has 3 heterocycles. The molecule has 2 aliphatic rings. The van der Waals surface area contributed by atoms with Crippen LogP contribution in [0, 0.1) is 11.7 Å². The van der Waals surface area contributed by atoms with Gasteiger partial charge in [-0.2, -0.15) is 0 Å². The Morgan fingerprint density at radius 1 is 1.09 bits per heavy atom. The van der Waals surface area contributed by atoms with Crippen molar-refractivity contribution in [2.24, 2.45) is 5.92 Å². The predicted molar refractivity (Wildman–Crippen MR) is 131 cm³/mol. The molecule has 174 valence electrons. The maximum atomic E-state index is 13.3. The highest BCUT2D eigenvalue weighted by molar-refractivity contribution is 7.22. The number of benzene rings is 2. The van der Waals surface area contributed by atoms with Crippen LogP contribution in [-0.2, 0) is 4.79 Å². The molecule has 3 aromatic rings. The van der Waals surface area contributed by atoms with Gasteiger partial charge in [-0.05, 0) is 62.2 Å². The van der Waals surface area contributed by atoms with Gasteiger partial charge in [-0.15, -0.1) is 0 Å². The third-order valence-electron chi connectivity index (χ3n) is 6.48. The second kappa shape index (κ2) is 9.55. The first-order valence-corrected chi connectivity index (χ1v) is 12.5. The Labute approximate surface area is 197 Å². The van der Waals surface area contributed by atoms with E-state index in [1.54, 1.807) is 23.5 Å². The zero-order chi connectivity index (χ0) is 22.8. The van der Waals surface area contributed by atoms with E-state index in [0.29, 0.717) is 19.7 Å². The lowest BCUT2D eigenvalue weighted by Crippen LogP contribution is -2.52. The Bertz CT molecular complexity index is 1110. The maximum Gasteiger partial charge on any atom is 0.227 e. The first-order valence-electron chi connectivity index (χ1n) is 11.7. The maximum absolute atomic E-state index is 13.3. The number of amides is 1. The van der Waals surface area contributed by atoms with Crippen molar-refractivity contribution in [3.05, 3.63) is 48.3 Å². The number of fused-ring (bicyclic) bond motifs is 1. The van der Waals surface area contributed by atoms with Crippen molar-refractivity contribution in [1.29, 1.82) is 0 Å². The number of piperazine rings is 1. The Balaban J connectivity index is 1.21. The Morgan fingerprint density at radius 2 is 1.88 bits per heavy atom. The van der Waals surface area contributed by atoms with Gasteiger partial charge in [0.25, 0.3) is 0 Å². The molecule has 2 aromatic carbocycles. The van der Waals surface area contributed by atoms with Crippen LogP contribution < -0.4 is 14.5 Å². The number of nitrogens with zero attached hydrogens (tertiary/aromatic N) is 4. The summed E-state index contributed by atoms with van der Waals surface area (Å²) in [5, 5.41) is 0.984. The monoisotopic (exact) mass is 468 g/mol. The van der Waals surface area contributed by atoms with E-state index in [-0.39, 0.29) is 17.6 Å². The summed E-state index contributed by atoms with van der Waals surface area (Å²) in [6, 6.07) is 12.6. The molecule has 1 aromatic heterocycles. The Kier molecular flexibility index (Phi) is 6.35. The van der Waals surface area contributed by atoms with E-state index in [1.807, 2.05) is 30.0 Å². The molecule has 6 nitrogen and oxygen atoms in total. The zero-order valence-corrected chi connectivity index (χ0v) is 19.7. The molecule has 2 aliphatic heterocycles. The standard InChI is InChI=1S/C25H29FN4O2S/c1-2-32-21-9-10-22-23(16-21)33-25(27-22)30-11-3-4-18(17-30)24(31)29-14-12-28(13-15-29)20-7-5-19(26)6-8-20/h5-10,16,18H,2-4,11-15,17H2,1H3. The third-order valence-corrected chi connectivity index (χ3v) is 7.56. The van der Waals surface area contributed by atoms with Gasteiger partial charge < -0.3 is 19.4 Å². The normalized spacial score (nSPS) is 19.2. The fourth-order valence-corrected chi connectivity index (χ4v) is 5.76. The van der Waals surface area contributed by atoms with Crippen molar-refractivity contribution < 1.29 is 13.9 Å². The molecule has 0 radical (unpaired) electrons. The molecule has 33 heavy (non-hydrogen) atoms. The average Bonchev–Trinajstić information content (AvgIpc) is 3.28. The first-order chi connectivity index (χ1) is 16.1. The molecule has 2 saturated heterocycles. The topological polar surface area (TPSA) is 48.9 Å². The molecular formula is C25H29FN4O2S. The number of carbonyl (C=O) groups excluding carboxylic acids is 1. The largest absolute Gasteiger partial charge is 0.494 e. The number of piperidine rings is 1. The SMILES string of the molecule is CCOc1ccc2nc(N3CCCC(C(=O)N4CCN(c5ccc(F)cc5)CC4)C3)sc2c1. The zero-order valence-electron chi connectivity index (χ0n) is 18.9. The van der Waals surface area contributed by atoms with Crippen molar-refractivity contribution in [2.45, 2.75) is 19.8 Å². The summed E-state index contributed by atoms with van der Waals surface area (Å²) < 4.78 is 19.9. The number of thiazole rings is 1. The number of halogens is 1. The third kappa shape index (κ3) is 4.76. The van der Waals surface area contributed by atoms with Crippen LogP contribution in [0.3, 0.4) is 0 Å². The molecule has 0 N–H and O–H groups in total. The van der Waals surface area contributed by atoms with E-state index in [0.717, 1.165) is 65.8 Å². The fraction of sp³-hybridized carbons (Fsp3) is 0.440. The van der Waals surface area contributed by atoms with E-state index < -0.39 is 0 Å². The minimum atomic E-state index is -0.225. The lowest BCUT2D eigenvalue weighted by molar-refractivity contribution is -0.136. The van der Waals surface area contributed by atoms with Crippen LogP contribution in [-0.4, -0.2) is 61.7 Å². The van der Waals surface area contributed by atoms with Gasteiger partial charge in [0.05, 0.1) is 22.7 Å². The minimum absolute atomic E-state index is 0.00196. The van der Waals surface area contributed by atoms with Gasteiger partial charge in [-0.1, -0.05) is 11.3 Å². The molecule has 8 heteroatoms. The number of hydrogen-bond donors (Lipinski definition) is 0. The molecular weight excluding hydrogens is 439 g/mol. The van der Waals surface area contributed by atoms with Crippen molar-refractivity contribution in [3.8, 4) is 5.75 Å². The molecule has 0 spiro atoms. The second-order valence-corrected chi connectivity index (χ2v) is 9.64. The molecule has 1 amide bonds. The van der Waals surface area contributed by atoms with Crippen molar-refractivity contribution in [1.82, 2.24) is 9.88 Å². The van der Waals surface area contributed by atoms with Crippen LogP contribution in [0.1, 0.15) is 19.8 Å². The number of anilines is 2. The number of aromatic nitrogens is 1. The summed E-state index contributed by atoms with van der Waals surface area (Å²) in [6.07, 6.45) is 1.92. The quantitative estimate of drug-likeness (QED) is 0.556. The number of ether oxygens (including phenoxy) is 1. The molecule has 0 bridgehead atoms. The number of carbonyl (C=O) groups is 1. The van der Waals surface area contributed by atoms with E-state index in [4.69, 9.17) is 9.72 Å². The van der Waals surface area contributed by atoms with Crippen molar-refractivity contribution in [2.75, 3.05) is 55.7 Å². The van der Waals surface area contributed by atoms with Crippen LogP contribution in [0.5, 0.6) is 5.75 Å². The minimum Gasteiger partial charge on any atom is -0.494 e. The average molecular weight is 469 g/mol. The van der Waals surface area contributed by atoms with Crippen LogP contribution in [0.15, 0.2) is 42.5 Å². The van der Waals surface area contributed by atoms with E-state index in [2.05, 4.69) is 9.80 Å². The summed E-state index contributed by atoms with van der Waals surface area (Å²) in [5.41, 5.74) is 1.99. The van der Waals surface area contributed by atoms with E-state index >= 15 is 0 Å². The Morgan fingerprint density at radius 3 is 2.64 bits per heavy atom. The number of hydrogen-bond acceptors (Lipinski definition) is 6. The molecule has 1 unspecified atom stereocenters. The summed E-state index contributed by atoms with van der Waals surface area (Å²) in [6.45, 7) is 7.22. The van der Waals surface area contributed by atoms with Gasteiger partial charge in [0, 0.05) is 45.0 Å². The van der Waals surface area contributed by atoms with Crippen LogP contribution in [0.4, 0.5) is 15.2 Å². The van der Waals surface area contributed by atoms with E-state index in [9.17, 15) is 9.18 Å². The first kappa shape index (κ1) is 21.9. The summed E-state index contributed by atoms with van der Waals surface area (Å²) in [7, 11) is 0. The molecule has 2 fully saturated rings. The Hall–Kier alpha value is -2.87. The fourth-order valence-electron chi connectivity index (χ4n) is 4.73. The number of rotatable bonds is 5. The van der Waals surface area contributed by atoms with Gasteiger partial charge >= 0.3 is 0 Å². The second-order valence-electron chi connectivity index (χ2n) is 8.63. The molecule has 1 atom stereocenters. The van der Waals surface area contributed by atoms with Gasteiger partial charge in [0.2, 0.25) is 5.91 Å². The van der Waals surface area contributed by atoms with Crippen LogP contribution in [0.2, 0.25) is 0 Å². The smallest absolute Gasteiger partial charge is 0.227 e. The van der Waals surface area contributed by atoms with Gasteiger partial charge in [-0.25, -0.2) is 9.37 Å². The highest BCUT2D eigenvalue weighted by Gasteiger charge is 2.32. The predicted octanol–water partition coefficient (Wildman–Crippen LogP) is 4.40. The van der Waals surface area contributed by atoms with Gasteiger partial charge in [0.1, 0.15) is 11.6 Å². The van der Waals surface area contributed by atoms with Gasteiger partial charge in [0.15, 0.2) is 5.13 Å². The molecule has 0 saturated carbocycles. The summed E-state index contributed by atoms with van der Waals surface area (Å²) in [5.74, 6) is 0.893. The highest BCUT2D eigenvalue weighted by atomic mass is 32.1. The van der Waals surface area contributed by atoms with Crippen LogP contribution in [0.25, 0.3) is 10.2 Å². The summed E-state index contributed by atoms with van der Waals surface area (Å²) in [4.78, 5) is 24.6. The lowest BCUT2D eigenvalue weighted by atomic mass is 9.96. The summed E-state index contributed by atoms with van der Waals surface area (Å²) >= 11 is 1.67. The van der Waals surface area contributed by atoms with Crippen molar-refractivity contribution in [3.63, 3.8) is 0 Å². The van der Waals surface area contributed by atoms with Crippen LogP contribution >= 0.6 is 11.3 Å².